The minimum absolute atomic E-state index is 0.0779. The molecule has 1 aromatic heterocycles. The third-order valence-electron chi connectivity index (χ3n) is 2.08. The van der Waals surface area contributed by atoms with Crippen LogP contribution in [0.5, 0.6) is 0 Å². The maximum Gasteiger partial charge on any atom is 0.239 e. The van der Waals surface area contributed by atoms with Crippen LogP contribution in [0.2, 0.25) is 0 Å². The first-order valence-electron chi connectivity index (χ1n) is 4.90. The zero-order valence-corrected chi connectivity index (χ0v) is 9.63. The Morgan fingerprint density at radius 3 is 2.76 bits per heavy atom. The Balaban J connectivity index is 2.18. The smallest absolute Gasteiger partial charge is 0.239 e. The number of thiazole rings is 1. The minimum atomic E-state index is -0.291. The summed E-state index contributed by atoms with van der Waals surface area (Å²) in [5.74, 6) is -0.578. The standard InChI is InChI=1S/C11H10FN3OS/c12-8-3-1-7(2-4-8)9-6-17-11(14-9)15-10(16)5-13/h1-4,6H,5,13H2,(H,14,15,16). The molecule has 0 aliphatic rings. The molecule has 4 nitrogen and oxygen atoms in total. The van der Waals surface area contributed by atoms with E-state index in [1.807, 2.05) is 0 Å². The largest absolute Gasteiger partial charge is 0.322 e. The molecule has 17 heavy (non-hydrogen) atoms. The zero-order chi connectivity index (χ0) is 12.3. The number of anilines is 1. The third-order valence-corrected chi connectivity index (χ3v) is 2.83. The molecule has 2 rings (SSSR count). The second-order valence-corrected chi connectivity index (χ2v) is 4.16. The van der Waals surface area contributed by atoms with Gasteiger partial charge >= 0.3 is 0 Å². The molecule has 1 heterocycles. The van der Waals surface area contributed by atoms with E-state index in [9.17, 15) is 9.18 Å². The summed E-state index contributed by atoms with van der Waals surface area (Å²) in [5, 5.41) is 4.84. The van der Waals surface area contributed by atoms with Gasteiger partial charge in [-0.1, -0.05) is 0 Å². The van der Waals surface area contributed by atoms with Crippen molar-refractivity contribution in [3.05, 3.63) is 35.5 Å². The topological polar surface area (TPSA) is 68.0 Å². The van der Waals surface area contributed by atoms with E-state index >= 15 is 0 Å². The second-order valence-electron chi connectivity index (χ2n) is 3.30. The van der Waals surface area contributed by atoms with Gasteiger partial charge in [0.25, 0.3) is 0 Å². The molecule has 6 heteroatoms. The average Bonchev–Trinajstić information content (AvgIpc) is 2.78. The van der Waals surface area contributed by atoms with E-state index in [2.05, 4.69) is 10.3 Å². The van der Waals surface area contributed by atoms with Crippen LogP contribution >= 0.6 is 11.3 Å². The maximum absolute atomic E-state index is 12.7. The Morgan fingerprint density at radius 1 is 1.41 bits per heavy atom. The maximum atomic E-state index is 12.7. The van der Waals surface area contributed by atoms with Gasteiger partial charge in [-0.25, -0.2) is 9.37 Å². The van der Waals surface area contributed by atoms with Crippen LogP contribution in [0, 0.1) is 5.82 Å². The Kier molecular flexibility index (Phi) is 3.46. The number of hydrogen-bond acceptors (Lipinski definition) is 4. The Bertz CT molecular complexity index is 524. The molecule has 0 unspecified atom stereocenters. The van der Waals surface area contributed by atoms with Crippen molar-refractivity contribution in [3.8, 4) is 11.3 Å². The molecule has 0 aliphatic heterocycles. The van der Waals surface area contributed by atoms with Gasteiger partial charge in [0.15, 0.2) is 5.13 Å². The van der Waals surface area contributed by atoms with Crippen LogP contribution in [0.4, 0.5) is 9.52 Å². The highest BCUT2D eigenvalue weighted by Crippen LogP contribution is 2.24. The molecular formula is C11H10FN3OS. The molecule has 0 fully saturated rings. The van der Waals surface area contributed by atoms with E-state index in [1.54, 1.807) is 17.5 Å². The molecule has 0 saturated heterocycles. The average molecular weight is 251 g/mol. The van der Waals surface area contributed by atoms with Crippen molar-refractivity contribution in [1.29, 1.82) is 0 Å². The van der Waals surface area contributed by atoms with Crippen LogP contribution < -0.4 is 11.1 Å². The van der Waals surface area contributed by atoms with Crippen LogP contribution in [0.15, 0.2) is 29.6 Å². The summed E-state index contributed by atoms with van der Waals surface area (Å²) >= 11 is 1.30. The van der Waals surface area contributed by atoms with Crippen LogP contribution in [0.1, 0.15) is 0 Å². The van der Waals surface area contributed by atoms with Gasteiger partial charge in [-0.15, -0.1) is 11.3 Å². The second kappa shape index (κ2) is 5.03. The Hall–Kier alpha value is -1.79. The number of nitrogens with one attached hydrogen (secondary N) is 1. The van der Waals surface area contributed by atoms with Crippen molar-refractivity contribution < 1.29 is 9.18 Å². The number of carbonyl (C=O) groups excluding carboxylic acids is 1. The van der Waals surface area contributed by atoms with Gasteiger partial charge in [-0.2, -0.15) is 0 Å². The first-order chi connectivity index (χ1) is 8.19. The summed E-state index contributed by atoms with van der Waals surface area (Å²) in [4.78, 5) is 15.3. The van der Waals surface area contributed by atoms with E-state index in [0.29, 0.717) is 10.8 Å². The number of amides is 1. The number of halogens is 1. The van der Waals surface area contributed by atoms with Crippen molar-refractivity contribution in [2.45, 2.75) is 0 Å². The number of carbonyl (C=O) groups is 1. The van der Waals surface area contributed by atoms with Crippen LogP contribution in [-0.4, -0.2) is 17.4 Å². The number of nitrogens with zero attached hydrogens (tertiary/aromatic N) is 1. The summed E-state index contributed by atoms with van der Waals surface area (Å²) in [6.07, 6.45) is 0. The highest BCUT2D eigenvalue weighted by atomic mass is 32.1. The fourth-order valence-electron chi connectivity index (χ4n) is 1.25. The van der Waals surface area contributed by atoms with Crippen molar-refractivity contribution in [3.63, 3.8) is 0 Å². The van der Waals surface area contributed by atoms with E-state index in [0.717, 1.165) is 5.56 Å². The summed E-state index contributed by atoms with van der Waals surface area (Å²) in [6, 6.07) is 6.01. The van der Waals surface area contributed by atoms with Crippen LogP contribution in [-0.2, 0) is 4.79 Å². The molecule has 1 aromatic carbocycles. The molecule has 0 bridgehead atoms. The Labute approximate surface area is 101 Å². The molecule has 2 aromatic rings. The summed E-state index contributed by atoms with van der Waals surface area (Å²) in [7, 11) is 0. The molecule has 0 saturated carbocycles. The van der Waals surface area contributed by atoms with Gasteiger partial charge in [0.05, 0.1) is 12.2 Å². The van der Waals surface area contributed by atoms with E-state index in [1.165, 1.54) is 23.5 Å². The zero-order valence-electron chi connectivity index (χ0n) is 8.81. The lowest BCUT2D eigenvalue weighted by Gasteiger charge is -1.97. The third kappa shape index (κ3) is 2.86. The van der Waals surface area contributed by atoms with Crippen LogP contribution in [0.25, 0.3) is 11.3 Å². The monoisotopic (exact) mass is 251 g/mol. The van der Waals surface area contributed by atoms with Crippen molar-refractivity contribution in [2.75, 3.05) is 11.9 Å². The number of rotatable bonds is 3. The molecule has 88 valence electrons. The number of nitrogens with two attached hydrogens (primary N) is 1. The van der Waals surface area contributed by atoms with E-state index < -0.39 is 0 Å². The fourth-order valence-corrected chi connectivity index (χ4v) is 1.99. The van der Waals surface area contributed by atoms with E-state index in [4.69, 9.17) is 5.73 Å². The van der Waals surface area contributed by atoms with Crippen molar-refractivity contribution in [1.82, 2.24) is 4.98 Å². The quantitative estimate of drug-likeness (QED) is 0.874. The van der Waals surface area contributed by atoms with Crippen molar-refractivity contribution in [2.24, 2.45) is 5.73 Å². The summed E-state index contributed by atoms with van der Waals surface area (Å²) in [5.41, 5.74) is 6.68. The molecule has 0 spiro atoms. The summed E-state index contributed by atoms with van der Waals surface area (Å²) in [6.45, 7) is -0.0779. The predicted molar refractivity (Wildman–Crippen MR) is 65.2 cm³/mol. The van der Waals surface area contributed by atoms with Gasteiger partial charge in [0.2, 0.25) is 5.91 Å². The highest BCUT2D eigenvalue weighted by molar-refractivity contribution is 7.14. The first kappa shape index (κ1) is 11.7. The molecular weight excluding hydrogens is 241 g/mol. The van der Waals surface area contributed by atoms with Gasteiger partial charge in [0, 0.05) is 10.9 Å². The lowest BCUT2D eigenvalue weighted by atomic mass is 10.2. The minimum Gasteiger partial charge on any atom is -0.322 e. The van der Waals surface area contributed by atoms with Gasteiger partial charge in [-0.3, -0.25) is 4.79 Å². The fraction of sp³-hybridized carbons (Fsp3) is 0.0909. The number of benzene rings is 1. The van der Waals surface area contributed by atoms with Crippen LogP contribution in [0.3, 0.4) is 0 Å². The predicted octanol–water partition coefficient (Wildman–Crippen LogP) is 1.85. The summed E-state index contributed by atoms with van der Waals surface area (Å²) < 4.78 is 12.7. The lowest BCUT2D eigenvalue weighted by Crippen LogP contribution is -2.21. The number of hydrogen-bond donors (Lipinski definition) is 2. The van der Waals surface area contributed by atoms with Gasteiger partial charge in [-0.05, 0) is 24.3 Å². The normalized spacial score (nSPS) is 10.2. The molecule has 0 atom stereocenters. The Morgan fingerprint density at radius 2 is 2.12 bits per heavy atom. The number of aromatic nitrogens is 1. The first-order valence-corrected chi connectivity index (χ1v) is 5.78. The highest BCUT2D eigenvalue weighted by Gasteiger charge is 2.06. The lowest BCUT2D eigenvalue weighted by molar-refractivity contribution is -0.114. The molecule has 3 N–H and O–H groups in total. The van der Waals surface area contributed by atoms with Gasteiger partial charge in [0.1, 0.15) is 5.82 Å². The molecule has 0 aliphatic carbocycles. The molecule has 0 radical (unpaired) electrons. The SMILES string of the molecule is NCC(=O)Nc1nc(-c2ccc(F)cc2)cs1. The molecule has 1 amide bonds. The van der Waals surface area contributed by atoms with Gasteiger partial charge < -0.3 is 11.1 Å². The van der Waals surface area contributed by atoms with E-state index in [-0.39, 0.29) is 18.3 Å². The van der Waals surface area contributed by atoms with Crippen molar-refractivity contribution >= 4 is 22.4 Å².